The van der Waals surface area contributed by atoms with Crippen molar-refractivity contribution in [2.45, 2.75) is 51.4 Å². The first-order valence-electron chi connectivity index (χ1n) is 28.3. The second-order valence-corrected chi connectivity index (χ2v) is 21.3. The normalized spacial score (nSPS) is 11.5. The van der Waals surface area contributed by atoms with Crippen LogP contribution in [0.25, 0.3) is 109 Å². The summed E-state index contributed by atoms with van der Waals surface area (Å²) in [5, 5.41) is 15.7. The van der Waals surface area contributed by atoms with Crippen molar-refractivity contribution < 1.29 is 23.3 Å². The molecule has 2 radical (unpaired) electrons. The molecular formula is C80H70Cl2SiZr-4. The van der Waals surface area contributed by atoms with E-state index in [1.54, 1.807) is 0 Å². The number of fused-ring (bicyclic) bond motifs is 6. The van der Waals surface area contributed by atoms with Crippen LogP contribution in [0.4, 0.5) is 0 Å². The van der Waals surface area contributed by atoms with Crippen LogP contribution in [0.15, 0.2) is 279 Å². The van der Waals surface area contributed by atoms with Crippen molar-refractivity contribution >= 4 is 96.3 Å². The first-order valence-corrected chi connectivity index (χ1v) is 32.5. The number of hydrogen-bond donors (Lipinski definition) is 0. The fourth-order valence-electron chi connectivity index (χ4n) is 12.8. The van der Waals surface area contributed by atoms with Gasteiger partial charge < -0.3 is 14.9 Å². The van der Waals surface area contributed by atoms with E-state index in [9.17, 15) is 0 Å². The standard InChI is InChI=1S/2C39H31.2CH3.2ClH.Si.Zr/c2*1-2-28(29-12-4-3-5-13-29)24-27-25-38-36(34-20-10-16-30-14-6-8-18-32(30)34)22-23-37(39(38)26-27)35-21-11-17-31-15-7-9-19-33(31)35;;;;;;/h2*3-23,25-26,28H,2,24H2,1H3;2*1H3;2*1H;;/q4*-1;;;;. The SMILES string of the molecule is CCC(Cc1cc2c(-c3cccc4ccccc34)ccc(-c3cccc4ccccc34)c2[cH-]1)c1ccccc1.CCC(Cc1cc2c(-c3cccc4ccccc34)ccc(-c3cccc4ccccc34)c2[cH-]1)c1ccccc1.Cl.Cl.[CH3-].[CH3-].[Si]=[Zr]. The van der Waals surface area contributed by atoms with E-state index in [1.165, 1.54) is 155 Å². The van der Waals surface area contributed by atoms with Crippen molar-refractivity contribution in [3.8, 4) is 44.5 Å². The monoisotopic (exact) mass is 1220 g/mol. The Hall–Kier alpha value is -7.42. The topological polar surface area (TPSA) is 0 Å². The molecule has 0 heterocycles. The molecule has 14 aromatic carbocycles. The van der Waals surface area contributed by atoms with Crippen LogP contribution in [0.1, 0.15) is 60.8 Å². The molecule has 14 aromatic rings. The van der Waals surface area contributed by atoms with Gasteiger partial charge in [-0.15, -0.1) is 69.6 Å². The molecule has 0 aliphatic carbocycles. The van der Waals surface area contributed by atoms with Gasteiger partial charge in [0.1, 0.15) is 0 Å². The van der Waals surface area contributed by atoms with Crippen LogP contribution in [0, 0.1) is 14.9 Å². The summed E-state index contributed by atoms with van der Waals surface area (Å²) in [7, 11) is 0. The van der Waals surface area contributed by atoms with Gasteiger partial charge >= 0.3 is 30.2 Å². The third kappa shape index (κ3) is 12.7. The zero-order chi connectivity index (χ0) is 54.4. The van der Waals surface area contributed by atoms with Gasteiger partial charge in [-0.05, 0) is 103 Å². The summed E-state index contributed by atoms with van der Waals surface area (Å²) in [6.45, 7) is 7.68. The van der Waals surface area contributed by atoms with E-state index < -0.39 is 0 Å². The summed E-state index contributed by atoms with van der Waals surface area (Å²) in [6.07, 6.45) is 4.33. The van der Waals surface area contributed by atoms with Gasteiger partial charge in [0.15, 0.2) is 0 Å². The molecule has 416 valence electrons. The predicted octanol–water partition coefficient (Wildman–Crippen LogP) is 23.2. The van der Waals surface area contributed by atoms with Crippen LogP contribution in [0.5, 0.6) is 0 Å². The molecule has 2 atom stereocenters. The average molecular weight is 1220 g/mol. The van der Waals surface area contributed by atoms with Crippen LogP contribution in [-0.2, 0) is 36.2 Å². The molecule has 0 aromatic heterocycles. The average Bonchev–Trinajstić information content (AvgIpc) is 2.26. The maximum atomic E-state index is 3.06. The van der Waals surface area contributed by atoms with E-state index in [0.717, 1.165) is 25.7 Å². The molecule has 0 nitrogen and oxygen atoms in total. The minimum atomic E-state index is 0. The van der Waals surface area contributed by atoms with Crippen LogP contribution in [-0.4, -0.2) is 6.88 Å². The van der Waals surface area contributed by atoms with Gasteiger partial charge in [0, 0.05) is 0 Å². The fraction of sp³-hybridized carbons (Fsp3) is 0.100. The van der Waals surface area contributed by atoms with Gasteiger partial charge in [0.25, 0.3) is 0 Å². The van der Waals surface area contributed by atoms with Crippen molar-refractivity contribution in [1.82, 2.24) is 0 Å². The molecule has 0 N–H and O–H groups in total. The van der Waals surface area contributed by atoms with Crippen molar-refractivity contribution in [2.75, 3.05) is 0 Å². The van der Waals surface area contributed by atoms with Gasteiger partial charge in [-0.2, -0.15) is 12.1 Å². The predicted molar refractivity (Wildman–Crippen MR) is 370 cm³/mol. The number of halogens is 2. The van der Waals surface area contributed by atoms with Crippen molar-refractivity contribution in [2.24, 2.45) is 0 Å². The fourth-order valence-corrected chi connectivity index (χ4v) is 12.8. The second-order valence-electron chi connectivity index (χ2n) is 21.3. The van der Waals surface area contributed by atoms with Crippen LogP contribution < -0.4 is 0 Å². The summed E-state index contributed by atoms with van der Waals surface area (Å²) in [4.78, 5) is 0. The zero-order valence-corrected chi connectivity index (χ0v) is 53.4. The number of hydrogen-bond acceptors (Lipinski definition) is 0. The van der Waals surface area contributed by atoms with E-state index in [1.807, 2.05) is 0 Å². The Morgan fingerprint density at radius 2 is 0.548 bits per heavy atom. The Balaban J connectivity index is 0.000000203. The van der Waals surface area contributed by atoms with Crippen LogP contribution >= 0.6 is 24.8 Å². The Labute approximate surface area is 527 Å². The van der Waals surface area contributed by atoms with E-state index in [4.69, 9.17) is 0 Å². The molecule has 0 saturated carbocycles. The summed E-state index contributed by atoms with van der Waals surface area (Å²) < 4.78 is 0. The van der Waals surface area contributed by atoms with E-state index in [2.05, 4.69) is 300 Å². The van der Waals surface area contributed by atoms with Crippen molar-refractivity contribution in [3.63, 3.8) is 0 Å². The third-order valence-corrected chi connectivity index (χ3v) is 16.7. The molecule has 4 heteroatoms. The molecular weight excluding hydrogens is 1150 g/mol. The van der Waals surface area contributed by atoms with E-state index in [0.29, 0.717) is 11.8 Å². The Kier molecular flexibility index (Phi) is 21.6. The molecule has 0 fully saturated rings. The molecule has 0 amide bonds. The Morgan fingerprint density at radius 1 is 0.298 bits per heavy atom. The Morgan fingerprint density at radius 3 is 0.857 bits per heavy atom. The molecule has 0 aliphatic heterocycles. The first-order chi connectivity index (χ1) is 39.6. The number of rotatable bonds is 12. The van der Waals surface area contributed by atoms with Gasteiger partial charge in [-0.1, -0.05) is 302 Å². The summed E-state index contributed by atoms with van der Waals surface area (Å²) >= 11 is 1.36. The summed E-state index contributed by atoms with van der Waals surface area (Å²) in [6, 6.07) is 103. The third-order valence-electron chi connectivity index (χ3n) is 16.7. The van der Waals surface area contributed by atoms with Gasteiger partial charge in [-0.25, -0.2) is 0 Å². The molecule has 84 heavy (non-hydrogen) atoms. The summed E-state index contributed by atoms with van der Waals surface area (Å²) in [5.74, 6) is 1.01. The molecule has 0 spiro atoms. The number of benzene rings is 12. The van der Waals surface area contributed by atoms with Crippen LogP contribution in [0.2, 0.25) is 0 Å². The molecule has 0 saturated heterocycles. The quantitative estimate of drug-likeness (QED) is 0.0845. The van der Waals surface area contributed by atoms with Crippen LogP contribution in [0.3, 0.4) is 0 Å². The van der Waals surface area contributed by atoms with Gasteiger partial charge in [0.05, 0.1) is 0 Å². The van der Waals surface area contributed by atoms with E-state index >= 15 is 0 Å². The van der Waals surface area contributed by atoms with E-state index in [-0.39, 0.29) is 39.7 Å². The first kappa shape index (κ1) is 62.6. The van der Waals surface area contributed by atoms with Gasteiger partial charge in [-0.3, -0.25) is 0 Å². The zero-order valence-electron chi connectivity index (χ0n) is 48.4. The van der Waals surface area contributed by atoms with Gasteiger partial charge in [0.2, 0.25) is 0 Å². The van der Waals surface area contributed by atoms with Crippen molar-refractivity contribution in [3.05, 3.63) is 316 Å². The Bertz CT molecular complexity index is 3920. The molecule has 0 bridgehead atoms. The maximum absolute atomic E-state index is 3.06. The molecule has 0 aliphatic rings. The summed E-state index contributed by atoms with van der Waals surface area (Å²) in [5.41, 5.74) is 16.1. The molecule has 2 unspecified atom stereocenters. The minimum absolute atomic E-state index is 0. The van der Waals surface area contributed by atoms with Crippen molar-refractivity contribution in [1.29, 1.82) is 0 Å². The molecule has 14 rings (SSSR count). The second kappa shape index (κ2) is 28.9.